The van der Waals surface area contributed by atoms with Crippen LogP contribution < -0.4 is 0 Å². The Kier molecular flexibility index (Phi) is 6.03. The zero-order chi connectivity index (χ0) is 11.4. The molecule has 0 aliphatic rings. The van der Waals surface area contributed by atoms with Gasteiger partial charge in [-0.1, -0.05) is 0 Å². The number of ether oxygens (including phenoxy) is 1. The molecule has 0 aromatic heterocycles. The minimum absolute atomic E-state index is 0.0330. The Bertz CT molecular complexity index is 189. The minimum Gasteiger partial charge on any atom is -0.372 e. The molecule has 0 N–H and O–H groups in total. The van der Waals surface area contributed by atoms with Gasteiger partial charge >= 0.3 is 0 Å². The van der Waals surface area contributed by atoms with Crippen molar-refractivity contribution in [2.75, 3.05) is 0 Å². The maximum atomic E-state index is 11.4. The molecule has 0 aromatic carbocycles. The minimum atomic E-state index is -0.614. The van der Waals surface area contributed by atoms with Crippen LogP contribution in [0, 0.1) is 0 Å². The molecule has 0 unspecified atom stereocenters. The molecule has 0 bridgehead atoms. The summed E-state index contributed by atoms with van der Waals surface area (Å²) in [4.78, 5) is 10.8. The van der Waals surface area contributed by atoms with Gasteiger partial charge in [0.15, 0.2) is 0 Å². The van der Waals surface area contributed by atoms with E-state index in [2.05, 4.69) is 0 Å². The van der Waals surface area contributed by atoms with Crippen molar-refractivity contribution in [2.45, 2.75) is 57.1 Å². The Labute approximate surface area is 95.9 Å². The lowest BCUT2D eigenvalue weighted by atomic mass is 10.00. The maximum absolute atomic E-state index is 11.4. The van der Waals surface area contributed by atoms with E-state index in [0.29, 0.717) is 6.42 Å². The van der Waals surface area contributed by atoms with E-state index in [4.69, 9.17) is 27.9 Å². The average Bonchev–Trinajstić information content (AvgIpc) is 1.77. The van der Waals surface area contributed by atoms with Crippen LogP contribution in [0.15, 0.2) is 0 Å². The second-order valence-corrected chi connectivity index (χ2v) is 5.51. The topological polar surface area (TPSA) is 26.3 Å². The smallest absolute Gasteiger partial charge is 0.138 e. The van der Waals surface area contributed by atoms with Gasteiger partial charge in [0.2, 0.25) is 0 Å². The maximum Gasteiger partial charge on any atom is 0.138 e. The predicted octanol–water partition coefficient (Wildman–Crippen LogP) is 3.34. The van der Waals surface area contributed by atoms with Gasteiger partial charge in [-0.05, 0) is 27.7 Å². The lowest BCUT2D eigenvalue weighted by molar-refractivity contribution is -0.127. The molecule has 0 fully saturated rings. The number of rotatable bonds is 6. The number of hydrogen-bond acceptors (Lipinski definition) is 2. The Hall–Kier alpha value is 0.210. The van der Waals surface area contributed by atoms with Crippen LogP contribution in [0.2, 0.25) is 0 Å². The summed E-state index contributed by atoms with van der Waals surface area (Å²) < 4.78 is 5.58. The molecule has 14 heavy (non-hydrogen) atoms. The SMILES string of the molecule is CC(C)OC(C)(C)CC(=O)CC(Cl)Cl. The van der Waals surface area contributed by atoms with E-state index >= 15 is 0 Å². The van der Waals surface area contributed by atoms with Crippen molar-refractivity contribution in [1.82, 2.24) is 0 Å². The number of hydrogen-bond donors (Lipinski definition) is 0. The number of carbonyl (C=O) groups excluding carboxylic acids is 1. The zero-order valence-corrected chi connectivity index (χ0v) is 10.7. The van der Waals surface area contributed by atoms with Crippen molar-refractivity contribution in [3.8, 4) is 0 Å². The highest BCUT2D eigenvalue weighted by atomic mass is 35.5. The fraction of sp³-hybridized carbons (Fsp3) is 0.900. The molecule has 0 aliphatic carbocycles. The molecule has 0 aliphatic heterocycles. The second-order valence-electron chi connectivity index (χ2n) is 4.24. The van der Waals surface area contributed by atoms with Gasteiger partial charge in [0, 0.05) is 12.8 Å². The molecule has 0 radical (unpaired) electrons. The van der Waals surface area contributed by atoms with Crippen molar-refractivity contribution < 1.29 is 9.53 Å². The van der Waals surface area contributed by atoms with Crippen molar-refractivity contribution >= 4 is 29.0 Å². The molecule has 0 rings (SSSR count). The van der Waals surface area contributed by atoms with E-state index in [0.717, 1.165) is 0 Å². The van der Waals surface area contributed by atoms with Crippen LogP contribution in [-0.2, 0) is 9.53 Å². The van der Waals surface area contributed by atoms with Gasteiger partial charge in [-0.2, -0.15) is 0 Å². The lowest BCUT2D eigenvalue weighted by Gasteiger charge is -2.27. The summed E-state index contributed by atoms with van der Waals surface area (Å²) in [6.45, 7) is 7.67. The molecule has 0 saturated heterocycles. The molecule has 2 nitrogen and oxygen atoms in total. The first-order chi connectivity index (χ1) is 6.23. The summed E-state index contributed by atoms with van der Waals surface area (Å²) in [5.41, 5.74) is -0.437. The summed E-state index contributed by atoms with van der Waals surface area (Å²) in [6, 6.07) is 0. The highest BCUT2D eigenvalue weighted by molar-refractivity contribution is 6.45. The van der Waals surface area contributed by atoms with E-state index in [9.17, 15) is 4.79 Å². The molecule has 0 saturated carbocycles. The second kappa shape index (κ2) is 5.94. The summed E-state index contributed by atoms with van der Waals surface area (Å²) in [5, 5.41) is 0. The molecule has 84 valence electrons. The first-order valence-electron chi connectivity index (χ1n) is 4.70. The lowest BCUT2D eigenvalue weighted by Crippen LogP contribution is -2.31. The Morgan fingerprint density at radius 1 is 1.36 bits per heavy atom. The van der Waals surface area contributed by atoms with Gasteiger partial charge in [-0.3, -0.25) is 4.79 Å². The summed E-state index contributed by atoms with van der Waals surface area (Å²) in [6.07, 6.45) is 0.648. The van der Waals surface area contributed by atoms with Gasteiger partial charge in [0.05, 0.1) is 11.7 Å². The summed E-state index contributed by atoms with van der Waals surface area (Å²) in [7, 11) is 0. The summed E-state index contributed by atoms with van der Waals surface area (Å²) in [5.74, 6) is 0.0330. The van der Waals surface area contributed by atoms with E-state index in [1.807, 2.05) is 27.7 Å². The normalized spacial score (nSPS) is 12.6. The average molecular weight is 241 g/mol. The third-order valence-electron chi connectivity index (χ3n) is 1.56. The number of halogens is 2. The standard InChI is InChI=1S/C10H18Cl2O2/c1-7(2)14-10(3,4)6-8(13)5-9(11)12/h7,9H,5-6H2,1-4H3. The van der Waals surface area contributed by atoms with E-state index in [1.54, 1.807) is 0 Å². The monoisotopic (exact) mass is 240 g/mol. The third kappa shape index (κ3) is 7.60. The molecule has 0 heterocycles. The largest absolute Gasteiger partial charge is 0.372 e. The van der Waals surface area contributed by atoms with Gasteiger partial charge in [0.25, 0.3) is 0 Å². The fourth-order valence-electron chi connectivity index (χ4n) is 1.40. The Morgan fingerprint density at radius 3 is 2.21 bits per heavy atom. The molecular formula is C10H18Cl2O2. The third-order valence-corrected chi connectivity index (χ3v) is 1.87. The van der Waals surface area contributed by atoms with Crippen LogP contribution in [0.1, 0.15) is 40.5 Å². The van der Waals surface area contributed by atoms with Gasteiger partial charge in [-0.15, -0.1) is 23.2 Å². The van der Waals surface area contributed by atoms with Crippen LogP contribution >= 0.6 is 23.2 Å². The van der Waals surface area contributed by atoms with Crippen molar-refractivity contribution in [1.29, 1.82) is 0 Å². The van der Waals surface area contributed by atoms with E-state index in [-0.39, 0.29) is 18.3 Å². The highest BCUT2D eigenvalue weighted by Crippen LogP contribution is 2.20. The number of ketones is 1. The van der Waals surface area contributed by atoms with Crippen LogP contribution in [0.25, 0.3) is 0 Å². The predicted molar refractivity (Wildman–Crippen MR) is 60.0 cm³/mol. The fourth-order valence-corrected chi connectivity index (χ4v) is 1.74. The molecule has 0 spiro atoms. The van der Waals surface area contributed by atoms with Crippen LogP contribution in [-0.4, -0.2) is 22.3 Å². The number of carbonyl (C=O) groups is 1. The first-order valence-corrected chi connectivity index (χ1v) is 5.58. The van der Waals surface area contributed by atoms with Gasteiger partial charge in [-0.25, -0.2) is 0 Å². The zero-order valence-electron chi connectivity index (χ0n) is 9.14. The molecule has 0 atom stereocenters. The van der Waals surface area contributed by atoms with E-state index < -0.39 is 10.4 Å². The molecular weight excluding hydrogens is 223 g/mol. The van der Waals surface area contributed by atoms with Crippen LogP contribution in [0.3, 0.4) is 0 Å². The van der Waals surface area contributed by atoms with Gasteiger partial charge < -0.3 is 4.74 Å². The van der Waals surface area contributed by atoms with E-state index in [1.165, 1.54) is 0 Å². The van der Waals surface area contributed by atoms with Crippen molar-refractivity contribution in [2.24, 2.45) is 0 Å². The number of Topliss-reactive ketones (excluding diaryl/α,β-unsaturated/α-hetero) is 1. The number of alkyl halides is 2. The summed E-state index contributed by atoms with van der Waals surface area (Å²) >= 11 is 11.0. The molecule has 4 heteroatoms. The van der Waals surface area contributed by atoms with Crippen molar-refractivity contribution in [3.63, 3.8) is 0 Å². The van der Waals surface area contributed by atoms with Gasteiger partial charge in [0.1, 0.15) is 10.6 Å². The van der Waals surface area contributed by atoms with Crippen LogP contribution in [0.4, 0.5) is 0 Å². The highest BCUT2D eigenvalue weighted by Gasteiger charge is 2.24. The quantitative estimate of drug-likeness (QED) is 0.666. The first kappa shape index (κ1) is 14.2. The molecule has 0 amide bonds. The Morgan fingerprint density at radius 2 is 1.86 bits per heavy atom. The Balaban J connectivity index is 4.01. The molecule has 0 aromatic rings. The van der Waals surface area contributed by atoms with Crippen LogP contribution in [0.5, 0.6) is 0 Å². The van der Waals surface area contributed by atoms with Crippen molar-refractivity contribution in [3.05, 3.63) is 0 Å².